The third-order valence-electron chi connectivity index (χ3n) is 3.21. The highest BCUT2D eigenvalue weighted by Crippen LogP contribution is 2.24. The Morgan fingerprint density at radius 1 is 1.05 bits per heavy atom. The van der Waals surface area contributed by atoms with Gasteiger partial charge in [0.05, 0.1) is 12.0 Å². The van der Waals surface area contributed by atoms with Crippen LogP contribution in [-0.4, -0.2) is 0 Å². The molecule has 0 saturated carbocycles. The Morgan fingerprint density at radius 2 is 1.84 bits per heavy atom. The monoisotopic (exact) mass is 269 g/mol. The van der Waals surface area contributed by atoms with E-state index in [1.54, 1.807) is 0 Å². The van der Waals surface area contributed by atoms with Gasteiger partial charge >= 0.3 is 0 Å². The lowest BCUT2D eigenvalue weighted by molar-refractivity contribution is 0.684. The molecule has 0 aliphatic carbocycles. The van der Waals surface area contributed by atoms with Crippen LogP contribution in [0.2, 0.25) is 5.02 Å². The van der Waals surface area contributed by atoms with Crippen molar-refractivity contribution < 1.29 is 0 Å². The molecule has 0 saturated heterocycles. The zero-order chi connectivity index (χ0) is 13.5. The fourth-order valence-electron chi connectivity index (χ4n) is 2.18. The molecule has 0 aliphatic heterocycles. The highest BCUT2D eigenvalue weighted by Gasteiger charge is 2.10. The van der Waals surface area contributed by atoms with Gasteiger partial charge in [-0.1, -0.05) is 54.1 Å². The topological polar surface area (TPSA) is 23.8 Å². The SMILES string of the molecule is N#CC(CCCc1ccccc1)c1cccc(Cl)c1. The molecule has 2 heteroatoms. The van der Waals surface area contributed by atoms with Crippen LogP contribution in [0.3, 0.4) is 0 Å². The molecule has 2 aromatic rings. The minimum Gasteiger partial charge on any atom is -0.198 e. The van der Waals surface area contributed by atoms with Crippen molar-refractivity contribution >= 4 is 11.6 Å². The van der Waals surface area contributed by atoms with E-state index >= 15 is 0 Å². The zero-order valence-corrected chi connectivity index (χ0v) is 11.5. The summed E-state index contributed by atoms with van der Waals surface area (Å²) in [7, 11) is 0. The smallest absolute Gasteiger partial charge is 0.0713 e. The van der Waals surface area contributed by atoms with Crippen molar-refractivity contribution in [3.05, 3.63) is 70.7 Å². The molecule has 0 radical (unpaired) electrons. The molecule has 2 aromatic carbocycles. The summed E-state index contributed by atoms with van der Waals surface area (Å²) in [4.78, 5) is 0. The standard InChI is InChI=1S/C17H16ClN/c18-17-11-5-9-15(12-17)16(13-19)10-4-8-14-6-2-1-3-7-14/h1-3,5-7,9,11-12,16H,4,8,10H2. The first-order valence-electron chi connectivity index (χ1n) is 6.48. The van der Waals surface area contributed by atoms with E-state index in [1.807, 2.05) is 42.5 Å². The highest BCUT2D eigenvalue weighted by molar-refractivity contribution is 6.30. The highest BCUT2D eigenvalue weighted by atomic mass is 35.5. The summed E-state index contributed by atoms with van der Waals surface area (Å²) >= 11 is 5.97. The maximum Gasteiger partial charge on any atom is 0.0713 e. The predicted molar refractivity (Wildman–Crippen MR) is 79.2 cm³/mol. The number of nitriles is 1. The first-order valence-corrected chi connectivity index (χ1v) is 6.86. The Kier molecular flexibility index (Phi) is 5.01. The minimum atomic E-state index is -0.0672. The Balaban J connectivity index is 1.92. The van der Waals surface area contributed by atoms with Gasteiger partial charge in [-0.25, -0.2) is 0 Å². The molecule has 1 nitrogen and oxygen atoms in total. The summed E-state index contributed by atoms with van der Waals surface area (Å²) in [5, 5.41) is 9.97. The van der Waals surface area contributed by atoms with E-state index < -0.39 is 0 Å². The molecule has 96 valence electrons. The Morgan fingerprint density at radius 3 is 2.53 bits per heavy atom. The van der Waals surface area contributed by atoms with E-state index in [0.717, 1.165) is 24.8 Å². The summed E-state index contributed by atoms with van der Waals surface area (Å²) in [6.45, 7) is 0. The van der Waals surface area contributed by atoms with Crippen LogP contribution in [0, 0.1) is 11.3 Å². The molecule has 0 aromatic heterocycles. The first kappa shape index (κ1) is 13.6. The summed E-state index contributed by atoms with van der Waals surface area (Å²) < 4.78 is 0. The largest absolute Gasteiger partial charge is 0.198 e. The van der Waals surface area contributed by atoms with Crippen LogP contribution < -0.4 is 0 Å². The van der Waals surface area contributed by atoms with Crippen molar-refractivity contribution in [3.8, 4) is 6.07 Å². The Bertz CT molecular complexity index is 557. The third kappa shape index (κ3) is 4.12. The molecular weight excluding hydrogens is 254 g/mol. The number of rotatable bonds is 5. The van der Waals surface area contributed by atoms with Gasteiger partial charge in [0, 0.05) is 5.02 Å². The number of halogens is 1. The van der Waals surface area contributed by atoms with Crippen molar-refractivity contribution in [1.29, 1.82) is 5.26 Å². The van der Waals surface area contributed by atoms with Crippen LogP contribution in [0.5, 0.6) is 0 Å². The number of nitrogens with zero attached hydrogens (tertiary/aromatic N) is 1. The number of aryl methyl sites for hydroxylation is 1. The molecule has 1 atom stereocenters. The lowest BCUT2D eigenvalue weighted by Crippen LogP contribution is -1.97. The van der Waals surface area contributed by atoms with Gasteiger partial charge in [0.25, 0.3) is 0 Å². The Hall–Kier alpha value is -1.78. The molecular formula is C17H16ClN. The molecule has 0 amide bonds. The number of hydrogen-bond acceptors (Lipinski definition) is 1. The number of hydrogen-bond donors (Lipinski definition) is 0. The molecule has 19 heavy (non-hydrogen) atoms. The summed E-state index contributed by atoms with van der Waals surface area (Å²) in [5.74, 6) is -0.0672. The van der Waals surface area contributed by atoms with Gasteiger partial charge in [0.2, 0.25) is 0 Å². The molecule has 2 rings (SSSR count). The van der Waals surface area contributed by atoms with Crippen molar-refractivity contribution in [2.45, 2.75) is 25.2 Å². The van der Waals surface area contributed by atoms with Gasteiger partial charge in [0.15, 0.2) is 0 Å². The van der Waals surface area contributed by atoms with Crippen LogP contribution in [0.4, 0.5) is 0 Å². The van der Waals surface area contributed by atoms with Crippen molar-refractivity contribution in [2.24, 2.45) is 0 Å². The number of benzene rings is 2. The minimum absolute atomic E-state index is 0.0672. The predicted octanol–water partition coefficient (Wildman–Crippen LogP) is 4.97. The van der Waals surface area contributed by atoms with Gasteiger partial charge in [-0.2, -0.15) is 5.26 Å². The first-order chi connectivity index (χ1) is 9.29. The second-order valence-electron chi connectivity index (χ2n) is 4.61. The van der Waals surface area contributed by atoms with Gasteiger partial charge in [-0.3, -0.25) is 0 Å². The van der Waals surface area contributed by atoms with E-state index in [0.29, 0.717) is 5.02 Å². The van der Waals surface area contributed by atoms with Crippen molar-refractivity contribution in [3.63, 3.8) is 0 Å². The molecule has 0 aliphatic rings. The van der Waals surface area contributed by atoms with E-state index in [1.165, 1.54) is 5.56 Å². The maximum absolute atomic E-state index is 9.27. The fourth-order valence-corrected chi connectivity index (χ4v) is 2.38. The van der Waals surface area contributed by atoms with Crippen molar-refractivity contribution in [2.75, 3.05) is 0 Å². The normalized spacial score (nSPS) is 11.8. The zero-order valence-electron chi connectivity index (χ0n) is 10.7. The molecule has 1 unspecified atom stereocenters. The fraction of sp³-hybridized carbons (Fsp3) is 0.235. The van der Waals surface area contributed by atoms with Crippen LogP contribution in [0.25, 0.3) is 0 Å². The van der Waals surface area contributed by atoms with Gasteiger partial charge in [-0.05, 0) is 42.5 Å². The Labute approximate surface area is 119 Å². The van der Waals surface area contributed by atoms with Crippen molar-refractivity contribution in [1.82, 2.24) is 0 Å². The average molecular weight is 270 g/mol. The second-order valence-corrected chi connectivity index (χ2v) is 5.05. The quantitative estimate of drug-likeness (QED) is 0.752. The molecule has 0 fully saturated rings. The van der Waals surface area contributed by atoms with E-state index in [-0.39, 0.29) is 5.92 Å². The molecule has 0 bridgehead atoms. The molecule has 0 N–H and O–H groups in total. The van der Waals surface area contributed by atoms with Gasteiger partial charge in [-0.15, -0.1) is 0 Å². The van der Waals surface area contributed by atoms with Crippen LogP contribution >= 0.6 is 11.6 Å². The lowest BCUT2D eigenvalue weighted by atomic mass is 9.94. The van der Waals surface area contributed by atoms with Crippen LogP contribution in [0.15, 0.2) is 54.6 Å². The summed E-state index contributed by atoms with van der Waals surface area (Å²) in [5.41, 5.74) is 2.34. The average Bonchev–Trinajstić information content (AvgIpc) is 2.45. The van der Waals surface area contributed by atoms with E-state index in [9.17, 15) is 5.26 Å². The molecule has 0 heterocycles. The summed E-state index contributed by atoms with van der Waals surface area (Å²) in [6, 6.07) is 20.3. The van der Waals surface area contributed by atoms with E-state index in [4.69, 9.17) is 11.6 Å². The summed E-state index contributed by atoms with van der Waals surface area (Å²) in [6.07, 6.45) is 2.89. The van der Waals surface area contributed by atoms with Crippen LogP contribution in [0.1, 0.15) is 29.9 Å². The van der Waals surface area contributed by atoms with E-state index in [2.05, 4.69) is 18.2 Å². The third-order valence-corrected chi connectivity index (χ3v) is 3.44. The van der Waals surface area contributed by atoms with Crippen LogP contribution in [-0.2, 0) is 6.42 Å². The maximum atomic E-state index is 9.27. The molecule has 0 spiro atoms. The second kappa shape index (κ2) is 6.97. The lowest BCUT2D eigenvalue weighted by Gasteiger charge is -2.09. The van der Waals surface area contributed by atoms with Gasteiger partial charge in [0.1, 0.15) is 0 Å². The van der Waals surface area contributed by atoms with Gasteiger partial charge < -0.3 is 0 Å².